The lowest BCUT2D eigenvalue weighted by atomic mass is 10.2. The molecule has 0 aliphatic carbocycles. The minimum atomic E-state index is 0.912. The number of hydrogen-bond donors (Lipinski definition) is 0. The Hall–Kier alpha value is -1.87. The van der Waals surface area contributed by atoms with Gasteiger partial charge in [0.2, 0.25) is 0 Å². The summed E-state index contributed by atoms with van der Waals surface area (Å²) in [5.74, 6) is 0. The SMILES string of the molecule is Cc1nc2cc(N(C)Cc3ccccc3)ccc2s1. The van der Waals surface area contributed by atoms with Gasteiger partial charge >= 0.3 is 0 Å². The van der Waals surface area contributed by atoms with E-state index in [0.29, 0.717) is 0 Å². The smallest absolute Gasteiger partial charge is 0.0907 e. The quantitative estimate of drug-likeness (QED) is 0.706. The van der Waals surface area contributed by atoms with E-state index in [1.54, 1.807) is 11.3 Å². The number of nitrogens with zero attached hydrogens (tertiary/aromatic N) is 2. The zero-order chi connectivity index (χ0) is 13.2. The lowest BCUT2D eigenvalue weighted by molar-refractivity contribution is 0.924. The zero-order valence-corrected chi connectivity index (χ0v) is 11.9. The van der Waals surface area contributed by atoms with Crippen molar-refractivity contribution in [2.75, 3.05) is 11.9 Å². The van der Waals surface area contributed by atoms with E-state index < -0.39 is 0 Å². The van der Waals surface area contributed by atoms with Crippen LogP contribution in [0.5, 0.6) is 0 Å². The Balaban J connectivity index is 1.86. The fourth-order valence-corrected chi connectivity index (χ4v) is 3.02. The minimum Gasteiger partial charge on any atom is -0.370 e. The second-order valence-electron chi connectivity index (χ2n) is 4.73. The molecule has 19 heavy (non-hydrogen) atoms. The van der Waals surface area contributed by atoms with Crippen LogP contribution in [0.4, 0.5) is 5.69 Å². The summed E-state index contributed by atoms with van der Waals surface area (Å²) in [5.41, 5.74) is 3.63. The topological polar surface area (TPSA) is 16.1 Å². The van der Waals surface area contributed by atoms with Gasteiger partial charge in [-0.2, -0.15) is 0 Å². The Kier molecular flexibility index (Phi) is 3.22. The van der Waals surface area contributed by atoms with Crippen LogP contribution >= 0.6 is 11.3 Å². The van der Waals surface area contributed by atoms with Crippen LogP contribution in [0.15, 0.2) is 48.5 Å². The van der Waals surface area contributed by atoms with E-state index in [4.69, 9.17) is 0 Å². The van der Waals surface area contributed by atoms with Crippen LogP contribution in [0.25, 0.3) is 10.2 Å². The number of rotatable bonds is 3. The number of fused-ring (bicyclic) bond motifs is 1. The van der Waals surface area contributed by atoms with E-state index in [0.717, 1.165) is 17.1 Å². The van der Waals surface area contributed by atoms with Gasteiger partial charge in [0.25, 0.3) is 0 Å². The summed E-state index contributed by atoms with van der Waals surface area (Å²) < 4.78 is 1.26. The molecule has 3 aromatic rings. The predicted molar refractivity (Wildman–Crippen MR) is 82.9 cm³/mol. The molecule has 1 heterocycles. The van der Waals surface area contributed by atoms with Gasteiger partial charge in [-0.25, -0.2) is 4.98 Å². The number of benzene rings is 2. The van der Waals surface area contributed by atoms with E-state index in [2.05, 4.69) is 66.3 Å². The van der Waals surface area contributed by atoms with Crippen molar-refractivity contribution < 1.29 is 0 Å². The van der Waals surface area contributed by atoms with Crippen molar-refractivity contribution in [2.45, 2.75) is 13.5 Å². The molecule has 3 heteroatoms. The normalized spacial score (nSPS) is 10.8. The summed E-state index contributed by atoms with van der Waals surface area (Å²) >= 11 is 1.75. The van der Waals surface area contributed by atoms with Crippen LogP contribution in [0.2, 0.25) is 0 Å². The summed E-state index contributed by atoms with van der Waals surface area (Å²) in [6, 6.07) is 17.0. The van der Waals surface area contributed by atoms with Crippen LogP contribution in [0, 0.1) is 6.92 Å². The molecule has 0 aliphatic heterocycles. The summed E-state index contributed by atoms with van der Waals surface area (Å²) in [6.45, 7) is 2.97. The molecule has 0 N–H and O–H groups in total. The number of thiazole rings is 1. The van der Waals surface area contributed by atoms with Crippen LogP contribution < -0.4 is 4.90 Å². The summed E-state index contributed by atoms with van der Waals surface area (Å²) in [5, 5.41) is 1.12. The first-order valence-corrected chi connectivity index (χ1v) is 7.16. The highest BCUT2D eigenvalue weighted by atomic mass is 32.1. The van der Waals surface area contributed by atoms with Gasteiger partial charge in [0, 0.05) is 19.3 Å². The van der Waals surface area contributed by atoms with E-state index in [9.17, 15) is 0 Å². The van der Waals surface area contributed by atoms with Crippen molar-refractivity contribution in [3.8, 4) is 0 Å². The van der Waals surface area contributed by atoms with Gasteiger partial charge < -0.3 is 4.90 Å². The molecule has 0 unspecified atom stereocenters. The highest BCUT2D eigenvalue weighted by Gasteiger charge is 2.05. The summed E-state index contributed by atoms with van der Waals surface area (Å²) in [7, 11) is 2.12. The Morgan fingerprint density at radius 2 is 1.89 bits per heavy atom. The predicted octanol–water partition coefficient (Wildman–Crippen LogP) is 4.24. The zero-order valence-electron chi connectivity index (χ0n) is 11.1. The molecule has 2 aromatic carbocycles. The van der Waals surface area contributed by atoms with Crippen molar-refractivity contribution in [2.24, 2.45) is 0 Å². The molecule has 2 nitrogen and oxygen atoms in total. The van der Waals surface area contributed by atoms with Crippen molar-refractivity contribution in [1.82, 2.24) is 4.98 Å². The second-order valence-corrected chi connectivity index (χ2v) is 5.96. The van der Waals surface area contributed by atoms with Crippen molar-refractivity contribution >= 4 is 27.2 Å². The molecule has 0 bridgehead atoms. The highest BCUT2D eigenvalue weighted by molar-refractivity contribution is 7.18. The largest absolute Gasteiger partial charge is 0.370 e. The molecule has 0 aliphatic rings. The Morgan fingerprint density at radius 1 is 1.11 bits per heavy atom. The van der Waals surface area contributed by atoms with Gasteiger partial charge in [-0.05, 0) is 30.7 Å². The van der Waals surface area contributed by atoms with Gasteiger partial charge in [0.1, 0.15) is 0 Å². The Bertz CT molecular complexity index is 688. The molecule has 0 atom stereocenters. The fraction of sp³-hybridized carbons (Fsp3) is 0.188. The maximum absolute atomic E-state index is 4.56. The van der Waals surface area contributed by atoms with E-state index in [-0.39, 0.29) is 0 Å². The van der Waals surface area contributed by atoms with Gasteiger partial charge in [-0.1, -0.05) is 30.3 Å². The van der Waals surface area contributed by atoms with Crippen LogP contribution in [-0.2, 0) is 6.54 Å². The van der Waals surface area contributed by atoms with Gasteiger partial charge in [-0.15, -0.1) is 11.3 Å². The lowest BCUT2D eigenvalue weighted by Gasteiger charge is -2.19. The van der Waals surface area contributed by atoms with E-state index >= 15 is 0 Å². The molecule has 3 rings (SSSR count). The van der Waals surface area contributed by atoms with Gasteiger partial charge in [0.05, 0.1) is 15.2 Å². The number of anilines is 1. The molecule has 0 radical (unpaired) electrons. The first-order valence-electron chi connectivity index (χ1n) is 6.34. The molecule has 0 spiro atoms. The number of aryl methyl sites for hydroxylation is 1. The number of aromatic nitrogens is 1. The summed E-state index contributed by atoms with van der Waals surface area (Å²) in [6.07, 6.45) is 0. The average molecular weight is 268 g/mol. The molecule has 0 amide bonds. The highest BCUT2D eigenvalue weighted by Crippen LogP contribution is 2.26. The van der Waals surface area contributed by atoms with Crippen molar-refractivity contribution in [1.29, 1.82) is 0 Å². The van der Waals surface area contributed by atoms with Crippen LogP contribution in [0.3, 0.4) is 0 Å². The third kappa shape index (κ3) is 2.61. The summed E-state index contributed by atoms with van der Waals surface area (Å²) in [4.78, 5) is 6.81. The molecule has 0 saturated heterocycles. The lowest BCUT2D eigenvalue weighted by Crippen LogP contribution is -2.16. The fourth-order valence-electron chi connectivity index (χ4n) is 2.22. The van der Waals surface area contributed by atoms with E-state index in [1.807, 2.05) is 6.07 Å². The third-order valence-corrected chi connectivity index (χ3v) is 4.13. The van der Waals surface area contributed by atoms with Crippen LogP contribution in [0.1, 0.15) is 10.6 Å². The first-order chi connectivity index (χ1) is 9.22. The number of hydrogen-bond acceptors (Lipinski definition) is 3. The van der Waals surface area contributed by atoms with E-state index in [1.165, 1.54) is 16.0 Å². The molecular weight excluding hydrogens is 252 g/mol. The minimum absolute atomic E-state index is 0.912. The maximum Gasteiger partial charge on any atom is 0.0907 e. The first kappa shape index (κ1) is 12.2. The maximum atomic E-state index is 4.56. The molecule has 96 valence electrons. The third-order valence-electron chi connectivity index (χ3n) is 3.18. The van der Waals surface area contributed by atoms with Crippen molar-refractivity contribution in [3.63, 3.8) is 0 Å². The Morgan fingerprint density at radius 3 is 2.68 bits per heavy atom. The molecule has 1 aromatic heterocycles. The van der Waals surface area contributed by atoms with Gasteiger partial charge in [0.15, 0.2) is 0 Å². The monoisotopic (exact) mass is 268 g/mol. The van der Waals surface area contributed by atoms with Crippen LogP contribution in [-0.4, -0.2) is 12.0 Å². The molecular formula is C16H16N2S. The van der Waals surface area contributed by atoms with Gasteiger partial charge in [-0.3, -0.25) is 0 Å². The average Bonchev–Trinajstić information content (AvgIpc) is 2.78. The molecule has 0 saturated carbocycles. The standard InChI is InChI=1S/C16H16N2S/c1-12-17-15-10-14(8-9-16(15)19-12)18(2)11-13-6-4-3-5-7-13/h3-10H,11H2,1-2H3. The Labute approximate surface area is 117 Å². The second kappa shape index (κ2) is 5.02. The molecule has 0 fully saturated rings. The van der Waals surface area contributed by atoms with Crippen molar-refractivity contribution in [3.05, 3.63) is 59.1 Å².